The molecule has 5 aromatic rings. The summed E-state index contributed by atoms with van der Waals surface area (Å²) in [4.78, 5) is 12.4. The minimum absolute atomic E-state index is 0.0540. The summed E-state index contributed by atoms with van der Waals surface area (Å²) in [5.41, 5.74) is 7.97. The summed E-state index contributed by atoms with van der Waals surface area (Å²) < 4.78 is 20.0. The quantitative estimate of drug-likeness (QED) is 0.326. The van der Waals surface area contributed by atoms with Crippen LogP contribution >= 0.6 is 0 Å². The second-order valence-electron chi connectivity index (χ2n) is 9.66. The lowest BCUT2D eigenvalue weighted by Crippen LogP contribution is -2.39. The lowest BCUT2D eigenvalue weighted by molar-refractivity contribution is -0.589. The molecule has 0 saturated carbocycles. The number of pyridine rings is 1. The van der Waals surface area contributed by atoms with Gasteiger partial charge in [0, 0.05) is 41.8 Å². The van der Waals surface area contributed by atoms with Gasteiger partial charge in [-0.05, 0) is 18.6 Å². The molecule has 0 fully saturated rings. The summed E-state index contributed by atoms with van der Waals surface area (Å²) in [6, 6.07) is 14.7. The Morgan fingerprint density at radius 3 is 2.58 bits per heavy atom. The summed E-state index contributed by atoms with van der Waals surface area (Å²) in [6.45, 7) is 0.781. The van der Waals surface area contributed by atoms with Crippen molar-refractivity contribution in [2.24, 2.45) is 0 Å². The molecule has 0 saturated heterocycles. The third-order valence-electron chi connectivity index (χ3n) is 7.99. The third kappa shape index (κ3) is 2.89. The van der Waals surface area contributed by atoms with Crippen LogP contribution in [0.3, 0.4) is 0 Å². The minimum Gasteiger partial charge on any atom is -0.495 e. The van der Waals surface area contributed by atoms with Gasteiger partial charge in [0.1, 0.15) is 29.0 Å². The number of ether oxygens (including phenoxy) is 3. The van der Waals surface area contributed by atoms with Crippen LogP contribution in [-0.4, -0.2) is 53.1 Å². The molecule has 3 aromatic heterocycles. The Morgan fingerprint density at radius 2 is 1.75 bits per heavy atom. The lowest BCUT2D eigenvalue weighted by atomic mass is 9.89. The van der Waals surface area contributed by atoms with E-state index in [9.17, 15) is 0 Å². The number of hydrogen-bond donors (Lipinski definition) is 2. The van der Waals surface area contributed by atoms with Crippen LogP contribution in [0.5, 0.6) is 11.5 Å². The second-order valence-corrected chi connectivity index (χ2v) is 9.66. The van der Waals surface area contributed by atoms with Crippen molar-refractivity contribution in [2.75, 3.05) is 27.9 Å². The molecule has 182 valence electrons. The Bertz CT molecular complexity index is 1680. The highest BCUT2D eigenvalue weighted by atomic mass is 16.5. The maximum Gasteiger partial charge on any atom is 0.200 e. The van der Waals surface area contributed by atoms with Crippen LogP contribution in [0.2, 0.25) is 0 Å². The molecule has 0 radical (unpaired) electrons. The zero-order valence-corrected chi connectivity index (χ0v) is 20.7. The summed E-state index contributed by atoms with van der Waals surface area (Å²) in [5.74, 6) is 1.65. The van der Waals surface area contributed by atoms with E-state index in [1.807, 2.05) is 12.3 Å². The van der Waals surface area contributed by atoms with Crippen molar-refractivity contribution in [3.63, 3.8) is 0 Å². The van der Waals surface area contributed by atoms with Crippen molar-refractivity contribution >= 4 is 38.4 Å². The molecule has 1 unspecified atom stereocenters. The largest absolute Gasteiger partial charge is 0.495 e. The fraction of sp³-hybridized carbons (Fsp3) is 0.310. The molecular formula is C29H29N4O3+. The maximum atomic E-state index is 6.10. The highest BCUT2D eigenvalue weighted by Crippen LogP contribution is 2.43. The number of nitrogens with one attached hydrogen (secondary N) is 2. The van der Waals surface area contributed by atoms with Crippen molar-refractivity contribution in [3.8, 4) is 11.5 Å². The predicted molar refractivity (Wildman–Crippen MR) is 141 cm³/mol. The number of benzene rings is 2. The van der Waals surface area contributed by atoms with E-state index in [4.69, 9.17) is 19.2 Å². The van der Waals surface area contributed by atoms with Crippen LogP contribution in [0, 0.1) is 0 Å². The highest BCUT2D eigenvalue weighted by molar-refractivity contribution is 6.11. The fourth-order valence-electron chi connectivity index (χ4n) is 6.40. The van der Waals surface area contributed by atoms with E-state index in [0.29, 0.717) is 0 Å². The van der Waals surface area contributed by atoms with E-state index in [1.54, 1.807) is 21.3 Å². The van der Waals surface area contributed by atoms with Crippen LogP contribution in [0.25, 0.3) is 32.7 Å². The summed E-state index contributed by atoms with van der Waals surface area (Å²) in [5, 5.41) is 3.43. The Hall–Kier alpha value is -3.84. The molecular weight excluding hydrogens is 452 g/mol. The number of rotatable bonds is 4. The van der Waals surface area contributed by atoms with Gasteiger partial charge in [-0.15, -0.1) is 0 Å². The van der Waals surface area contributed by atoms with E-state index >= 15 is 0 Å². The molecule has 36 heavy (non-hydrogen) atoms. The Kier molecular flexibility index (Phi) is 4.82. The number of para-hydroxylation sites is 2. The van der Waals surface area contributed by atoms with E-state index in [-0.39, 0.29) is 12.1 Å². The number of hydrogen-bond acceptors (Lipinski definition) is 4. The molecule has 2 N–H and O–H groups in total. The van der Waals surface area contributed by atoms with Gasteiger partial charge in [-0.1, -0.05) is 30.3 Å². The van der Waals surface area contributed by atoms with E-state index in [2.05, 4.69) is 50.9 Å². The first-order valence-electron chi connectivity index (χ1n) is 12.5. The first kappa shape index (κ1) is 21.4. The van der Waals surface area contributed by atoms with Crippen LogP contribution in [0.4, 0.5) is 0 Å². The van der Waals surface area contributed by atoms with E-state index in [1.165, 1.54) is 22.4 Å². The standard InChI is InChI=1S/C29H28N4O3/c1-34-21-13-6-9-17-25-23(36-3)15-33-19(27(25)32-26(17)21)11-7-12-20(33)28-29-24(22(35-2)14-30-28)16-8-4-5-10-18(16)31-29/h4-6,8-10,13-14,20,23H,7,11-12,15H2,1-3H3,(H,30,31)/p+1/t20-,23?/m0/s1. The normalized spacial score (nSPS) is 19.6. The Balaban J connectivity index is 1.47. The van der Waals surface area contributed by atoms with Gasteiger partial charge in [0.15, 0.2) is 12.6 Å². The van der Waals surface area contributed by atoms with Gasteiger partial charge in [-0.25, -0.2) is 9.56 Å². The monoisotopic (exact) mass is 481 g/mol. The van der Waals surface area contributed by atoms with Gasteiger partial charge < -0.3 is 24.2 Å². The molecule has 2 atom stereocenters. The number of fused-ring (bicyclic) bond motifs is 7. The maximum absolute atomic E-state index is 6.10. The Morgan fingerprint density at radius 1 is 0.917 bits per heavy atom. The molecule has 2 aliphatic rings. The summed E-state index contributed by atoms with van der Waals surface area (Å²) in [7, 11) is 5.24. The van der Waals surface area contributed by atoms with Gasteiger partial charge in [-0.3, -0.25) is 0 Å². The third-order valence-corrected chi connectivity index (χ3v) is 7.99. The SMILES string of the molecule is COc1cccc2c3c([nH]c12)C1=[N+](CC3OC)[C@H](c2ncc(OC)c3c2[nH]c2ccccc23)CCC1. The summed E-state index contributed by atoms with van der Waals surface area (Å²) >= 11 is 0. The number of aromatic nitrogens is 3. The number of H-pyrrole nitrogens is 2. The van der Waals surface area contributed by atoms with Gasteiger partial charge in [0.05, 0.1) is 36.8 Å². The van der Waals surface area contributed by atoms with Crippen molar-refractivity contribution in [3.05, 3.63) is 65.6 Å². The zero-order valence-electron chi connectivity index (χ0n) is 20.7. The van der Waals surface area contributed by atoms with Crippen LogP contribution < -0.4 is 9.47 Å². The average molecular weight is 482 g/mol. The van der Waals surface area contributed by atoms with Gasteiger partial charge in [-0.2, -0.15) is 0 Å². The van der Waals surface area contributed by atoms with Crippen LogP contribution in [-0.2, 0) is 4.74 Å². The molecule has 7 nitrogen and oxygen atoms in total. The topological polar surface area (TPSA) is 75.2 Å². The van der Waals surface area contributed by atoms with E-state index < -0.39 is 0 Å². The molecule has 5 heterocycles. The molecule has 2 aromatic carbocycles. The Labute approximate surface area is 208 Å². The molecule has 2 aliphatic heterocycles. The number of aromatic amines is 2. The van der Waals surface area contributed by atoms with Gasteiger partial charge >= 0.3 is 0 Å². The first-order chi connectivity index (χ1) is 17.7. The van der Waals surface area contributed by atoms with Crippen molar-refractivity contribution < 1.29 is 18.8 Å². The first-order valence-corrected chi connectivity index (χ1v) is 12.5. The van der Waals surface area contributed by atoms with Gasteiger partial charge in [0.2, 0.25) is 5.71 Å². The average Bonchev–Trinajstić information content (AvgIpc) is 3.51. The van der Waals surface area contributed by atoms with Crippen LogP contribution in [0.1, 0.15) is 48.4 Å². The molecule has 0 aliphatic carbocycles. The predicted octanol–water partition coefficient (Wildman–Crippen LogP) is 5.64. The number of methoxy groups -OCH3 is 3. The van der Waals surface area contributed by atoms with Crippen molar-refractivity contribution in [1.82, 2.24) is 15.0 Å². The smallest absolute Gasteiger partial charge is 0.200 e. The highest BCUT2D eigenvalue weighted by Gasteiger charge is 2.43. The molecule has 0 spiro atoms. The van der Waals surface area contributed by atoms with Crippen molar-refractivity contribution in [1.29, 1.82) is 0 Å². The molecule has 0 bridgehead atoms. The zero-order chi connectivity index (χ0) is 24.4. The molecule has 7 rings (SSSR count). The van der Waals surface area contributed by atoms with Gasteiger partial charge in [0.25, 0.3) is 0 Å². The summed E-state index contributed by atoms with van der Waals surface area (Å²) in [6.07, 6.45) is 4.96. The molecule has 0 amide bonds. The van der Waals surface area contributed by atoms with Crippen LogP contribution in [0.15, 0.2) is 48.7 Å². The fourth-order valence-corrected chi connectivity index (χ4v) is 6.40. The lowest BCUT2D eigenvalue weighted by Gasteiger charge is -2.30. The second kappa shape index (κ2) is 8.10. The van der Waals surface area contributed by atoms with Crippen molar-refractivity contribution in [2.45, 2.75) is 31.4 Å². The molecule has 7 heteroatoms. The van der Waals surface area contributed by atoms with E-state index in [0.717, 1.165) is 70.3 Å². The minimum atomic E-state index is -0.0540. The number of nitrogens with zero attached hydrogens (tertiary/aromatic N) is 2.